The van der Waals surface area contributed by atoms with Crippen LogP contribution in [-0.2, 0) is 0 Å². The molecule has 0 aliphatic heterocycles. The van der Waals surface area contributed by atoms with Crippen molar-refractivity contribution < 1.29 is 0 Å². The predicted molar refractivity (Wildman–Crippen MR) is 93.0 cm³/mol. The van der Waals surface area contributed by atoms with Crippen LogP contribution in [-0.4, -0.2) is 37.5 Å². The Morgan fingerprint density at radius 1 is 1.24 bits per heavy atom. The Balaban J connectivity index is 2.64. The van der Waals surface area contributed by atoms with Crippen LogP contribution in [0.4, 0.5) is 5.69 Å². The molecule has 0 radical (unpaired) electrons. The summed E-state index contributed by atoms with van der Waals surface area (Å²) in [7, 11) is 4.19. The third-order valence-corrected chi connectivity index (χ3v) is 3.73. The van der Waals surface area contributed by atoms with E-state index < -0.39 is 0 Å². The number of nitrogens with one attached hydrogen (secondary N) is 1. The normalized spacial score (nSPS) is 13.8. The molecule has 0 fully saturated rings. The van der Waals surface area contributed by atoms with E-state index in [-0.39, 0.29) is 0 Å². The van der Waals surface area contributed by atoms with Gasteiger partial charge in [0.2, 0.25) is 0 Å². The predicted octanol–water partition coefficient (Wildman–Crippen LogP) is 3.01. The van der Waals surface area contributed by atoms with Crippen LogP contribution in [0.1, 0.15) is 31.4 Å². The number of nitrogens with zero attached hydrogens (tertiary/aromatic N) is 2. The van der Waals surface area contributed by atoms with E-state index in [9.17, 15) is 0 Å². The second-order valence-corrected chi connectivity index (χ2v) is 6.40. The Hall–Kier alpha value is -1.55. The number of aliphatic imine (C=N–C) groups is 1. The number of hydrogen-bond acceptors (Lipinski definition) is 2. The first kappa shape index (κ1) is 17.5. The molecule has 0 amide bonds. The number of hydrogen-bond donors (Lipinski definition) is 2. The number of benzene rings is 1. The van der Waals surface area contributed by atoms with E-state index in [1.54, 1.807) is 0 Å². The highest BCUT2D eigenvalue weighted by molar-refractivity contribution is 5.92. The van der Waals surface area contributed by atoms with Gasteiger partial charge in [0.25, 0.3) is 0 Å². The molecule has 0 spiro atoms. The van der Waals surface area contributed by atoms with E-state index in [0.717, 1.165) is 18.7 Å². The first-order valence-corrected chi connectivity index (χ1v) is 7.60. The lowest BCUT2D eigenvalue weighted by molar-refractivity contribution is 0.261. The lowest BCUT2D eigenvalue weighted by Crippen LogP contribution is -2.34. The fourth-order valence-electron chi connectivity index (χ4n) is 2.20. The monoisotopic (exact) mass is 290 g/mol. The molecule has 0 bridgehead atoms. The van der Waals surface area contributed by atoms with Gasteiger partial charge < -0.3 is 16.0 Å². The molecule has 21 heavy (non-hydrogen) atoms. The van der Waals surface area contributed by atoms with Gasteiger partial charge in [-0.1, -0.05) is 19.9 Å². The zero-order valence-corrected chi connectivity index (χ0v) is 14.3. The summed E-state index contributed by atoms with van der Waals surface area (Å²) in [5.41, 5.74) is 9.51. The topological polar surface area (TPSA) is 53.6 Å². The zero-order valence-electron chi connectivity index (χ0n) is 14.3. The second kappa shape index (κ2) is 8.03. The van der Waals surface area contributed by atoms with Crippen molar-refractivity contribution in [2.45, 2.75) is 40.2 Å². The summed E-state index contributed by atoms with van der Waals surface area (Å²) < 4.78 is 0. The number of aryl methyl sites for hydroxylation is 2. The zero-order chi connectivity index (χ0) is 16.0. The lowest BCUT2D eigenvalue weighted by atomic mass is 10.0. The summed E-state index contributed by atoms with van der Waals surface area (Å²) in [5.74, 6) is 1.13. The van der Waals surface area contributed by atoms with Gasteiger partial charge in [0.1, 0.15) is 0 Å². The van der Waals surface area contributed by atoms with E-state index in [2.05, 4.69) is 69.1 Å². The number of rotatable bonds is 6. The van der Waals surface area contributed by atoms with Crippen LogP contribution in [0.15, 0.2) is 23.2 Å². The third-order valence-electron chi connectivity index (χ3n) is 3.73. The minimum atomic E-state index is 0.421. The van der Waals surface area contributed by atoms with E-state index >= 15 is 0 Å². The average Bonchev–Trinajstić information content (AvgIpc) is 2.38. The van der Waals surface area contributed by atoms with Crippen LogP contribution >= 0.6 is 0 Å². The smallest absolute Gasteiger partial charge is 0.193 e. The van der Waals surface area contributed by atoms with E-state index in [0.29, 0.717) is 17.9 Å². The van der Waals surface area contributed by atoms with Gasteiger partial charge in [-0.2, -0.15) is 0 Å². The van der Waals surface area contributed by atoms with Crippen molar-refractivity contribution in [2.24, 2.45) is 16.6 Å². The Kier molecular flexibility index (Phi) is 6.69. The van der Waals surface area contributed by atoms with Crippen LogP contribution in [0.25, 0.3) is 0 Å². The molecule has 4 heteroatoms. The Labute approximate surface area is 129 Å². The van der Waals surface area contributed by atoms with Gasteiger partial charge in [0.15, 0.2) is 5.96 Å². The summed E-state index contributed by atoms with van der Waals surface area (Å²) >= 11 is 0. The molecule has 0 aromatic heterocycles. The fourth-order valence-corrected chi connectivity index (χ4v) is 2.20. The first-order valence-electron chi connectivity index (χ1n) is 7.60. The Morgan fingerprint density at radius 2 is 1.90 bits per heavy atom. The molecule has 0 aliphatic rings. The van der Waals surface area contributed by atoms with Crippen LogP contribution in [0.2, 0.25) is 0 Å². The van der Waals surface area contributed by atoms with Crippen molar-refractivity contribution in [3.8, 4) is 0 Å². The Bertz CT molecular complexity index is 478. The van der Waals surface area contributed by atoms with Crippen LogP contribution in [0.3, 0.4) is 0 Å². The summed E-state index contributed by atoms with van der Waals surface area (Å²) in [6.45, 7) is 9.38. The molecular formula is C17H30N4. The first-order chi connectivity index (χ1) is 9.79. The summed E-state index contributed by atoms with van der Waals surface area (Å²) in [5, 5.41) is 3.17. The maximum absolute atomic E-state index is 5.99. The SMILES string of the molecule is Cc1ccc(NC(N)=NCC(CC(C)C)N(C)C)cc1C. The number of anilines is 1. The average molecular weight is 290 g/mol. The van der Waals surface area contributed by atoms with Gasteiger partial charge in [-0.05, 0) is 63.5 Å². The molecule has 0 saturated carbocycles. The number of likely N-dealkylation sites (N-methyl/N-ethyl adjacent to an activating group) is 1. The molecule has 0 saturated heterocycles. The molecule has 1 aromatic carbocycles. The fraction of sp³-hybridized carbons (Fsp3) is 0.588. The summed E-state index contributed by atoms with van der Waals surface area (Å²) in [4.78, 5) is 6.70. The molecular weight excluding hydrogens is 260 g/mol. The quantitative estimate of drug-likeness (QED) is 0.625. The molecule has 0 aliphatic carbocycles. The molecule has 0 heterocycles. The summed E-state index contributed by atoms with van der Waals surface area (Å²) in [6.07, 6.45) is 1.12. The van der Waals surface area contributed by atoms with Gasteiger partial charge in [-0.25, -0.2) is 0 Å². The van der Waals surface area contributed by atoms with Gasteiger partial charge in [-0.3, -0.25) is 4.99 Å². The van der Waals surface area contributed by atoms with Gasteiger partial charge in [-0.15, -0.1) is 0 Å². The maximum Gasteiger partial charge on any atom is 0.193 e. The van der Waals surface area contributed by atoms with Crippen molar-refractivity contribution in [3.05, 3.63) is 29.3 Å². The van der Waals surface area contributed by atoms with Crippen molar-refractivity contribution in [1.82, 2.24) is 4.90 Å². The molecule has 1 rings (SSSR count). The Morgan fingerprint density at radius 3 is 2.43 bits per heavy atom. The highest BCUT2D eigenvalue weighted by atomic mass is 15.1. The van der Waals surface area contributed by atoms with Gasteiger partial charge >= 0.3 is 0 Å². The van der Waals surface area contributed by atoms with E-state index in [1.165, 1.54) is 11.1 Å². The molecule has 118 valence electrons. The largest absolute Gasteiger partial charge is 0.370 e. The van der Waals surface area contributed by atoms with Crippen molar-refractivity contribution in [2.75, 3.05) is 26.0 Å². The van der Waals surface area contributed by atoms with Crippen molar-refractivity contribution >= 4 is 11.6 Å². The molecule has 1 aromatic rings. The van der Waals surface area contributed by atoms with Crippen molar-refractivity contribution in [1.29, 1.82) is 0 Å². The molecule has 4 nitrogen and oxygen atoms in total. The van der Waals surface area contributed by atoms with Crippen LogP contribution in [0, 0.1) is 19.8 Å². The van der Waals surface area contributed by atoms with E-state index in [1.807, 2.05) is 6.07 Å². The lowest BCUT2D eigenvalue weighted by Gasteiger charge is -2.24. The minimum absolute atomic E-state index is 0.421. The molecule has 1 unspecified atom stereocenters. The van der Waals surface area contributed by atoms with E-state index in [4.69, 9.17) is 5.73 Å². The molecule has 3 N–H and O–H groups in total. The second-order valence-electron chi connectivity index (χ2n) is 6.40. The standard InChI is InChI=1S/C17H30N4/c1-12(2)9-16(21(5)6)11-19-17(18)20-15-8-7-13(3)14(4)10-15/h7-8,10,12,16H,9,11H2,1-6H3,(H3,18,19,20). The van der Waals surface area contributed by atoms with Gasteiger partial charge in [0.05, 0.1) is 6.54 Å². The highest BCUT2D eigenvalue weighted by Gasteiger charge is 2.12. The van der Waals surface area contributed by atoms with Crippen LogP contribution < -0.4 is 11.1 Å². The summed E-state index contributed by atoms with van der Waals surface area (Å²) in [6, 6.07) is 6.63. The third kappa shape index (κ3) is 6.17. The van der Waals surface area contributed by atoms with Crippen molar-refractivity contribution in [3.63, 3.8) is 0 Å². The number of nitrogens with two attached hydrogens (primary N) is 1. The minimum Gasteiger partial charge on any atom is -0.370 e. The number of guanidine groups is 1. The maximum atomic E-state index is 5.99. The van der Waals surface area contributed by atoms with Crippen LogP contribution in [0.5, 0.6) is 0 Å². The highest BCUT2D eigenvalue weighted by Crippen LogP contribution is 2.14. The molecule has 1 atom stereocenters. The van der Waals surface area contributed by atoms with Gasteiger partial charge in [0, 0.05) is 11.7 Å².